The molecule has 2 N–H and O–H groups in total. The van der Waals surface area contributed by atoms with Crippen molar-refractivity contribution in [1.29, 1.82) is 0 Å². The molecule has 1 aromatic carbocycles. The quantitative estimate of drug-likeness (QED) is 0.756. The van der Waals surface area contributed by atoms with Crippen LogP contribution in [0.4, 0.5) is 13.2 Å². The number of hydrogen-bond acceptors (Lipinski definition) is 3. The van der Waals surface area contributed by atoms with Crippen LogP contribution >= 0.6 is 12.4 Å². The fourth-order valence-corrected chi connectivity index (χ4v) is 2.53. The highest BCUT2D eigenvalue weighted by atomic mass is 35.5. The molecule has 0 spiro atoms. The van der Waals surface area contributed by atoms with Crippen LogP contribution in [0.25, 0.3) is 21.9 Å². The Hall–Kier alpha value is -1.66. The molecule has 0 fully saturated rings. The van der Waals surface area contributed by atoms with Crippen LogP contribution in [0.3, 0.4) is 0 Å². The van der Waals surface area contributed by atoms with Crippen LogP contribution in [-0.2, 0) is 12.6 Å². The van der Waals surface area contributed by atoms with Gasteiger partial charge in [0.15, 0.2) is 0 Å². The van der Waals surface area contributed by atoms with Crippen molar-refractivity contribution in [3.05, 3.63) is 35.8 Å². The molecule has 7 heteroatoms. The molecule has 0 aliphatic rings. The summed E-state index contributed by atoms with van der Waals surface area (Å²) in [5.41, 5.74) is 5.69. The summed E-state index contributed by atoms with van der Waals surface area (Å²) in [4.78, 5) is 0. The predicted molar refractivity (Wildman–Crippen MR) is 75.6 cm³/mol. The Morgan fingerprint density at radius 2 is 1.67 bits per heavy atom. The molecule has 114 valence electrons. The van der Waals surface area contributed by atoms with Crippen LogP contribution in [0.15, 0.2) is 33.5 Å². The van der Waals surface area contributed by atoms with Gasteiger partial charge in [-0.2, -0.15) is 13.2 Å². The molecule has 0 aliphatic heterocycles. The smallest absolute Gasteiger partial charge is 0.420 e. The van der Waals surface area contributed by atoms with Gasteiger partial charge in [-0.3, -0.25) is 0 Å². The first-order chi connectivity index (χ1) is 9.39. The SMILES string of the molecule is C[C@@H](N)Cc1c2ccoc2c(C(F)(F)F)c2ccoc12.Cl. The van der Waals surface area contributed by atoms with E-state index in [2.05, 4.69) is 0 Å². The van der Waals surface area contributed by atoms with Crippen LogP contribution in [-0.4, -0.2) is 6.04 Å². The minimum atomic E-state index is -4.51. The summed E-state index contributed by atoms with van der Waals surface area (Å²) in [6, 6.07) is 2.63. The number of benzene rings is 1. The summed E-state index contributed by atoms with van der Waals surface area (Å²) in [5.74, 6) is 0. The number of nitrogens with two attached hydrogens (primary N) is 1. The van der Waals surface area contributed by atoms with Gasteiger partial charge in [0, 0.05) is 22.4 Å². The average molecular weight is 320 g/mol. The van der Waals surface area contributed by atoms with Gasteiger partial charge in [-0.15, -0.1) is 12.4 Å². The maximum atomic E-state index is 13.3. The highest BCUT2D eigenvalue weighted by molar-refractivity contribution is 6.01. The van der Waals surface area contributed by atoms with Crippen LogP contribution in [0.1, 0.15) is 18.1 Å². The van der Waals surface area contributed by atoms with E-state index in [4.69, 9.17) is 14.6 Å². The number of halogens is 4. The topological polar surface area (TPSA) is 52.3 Å². The van der Waals surface area contributed by atoms with Crippen LogP contribution in [0.2, 0.25) is 0 Å². The van der Waals surface area contributed by atoms with Crippen molar-refractivity contribution in [3.63, 3.8) is 0 Å². The van der Waals surface area contributed by atoms with Crippen LogP contribution in [0, 0.1) is 0 Å². The van der Waals surface area contributed by atoms with E-state index < -0.39 is 11.7 Å². The molecular formula is C14H13ClF3NO2. The van der Waals surface area contributed by atoms with Gasteiger partial charge in [-0.05, 0) is 25.5 Å². The third kappa shape index (κ3) is 2.49. The molecule has 0 aliphatic carbocycles. The van der Waals surface area contributed by atoms with Gasteiger partial charge in [0.05, 0.1) is 12.5 Å². The van der Waals surface area contributed by atoms with E-state index in [0.29, 0.717) is 17.4 Å². The number of hydrogen-bond donors (Lipinski definition) is 1. The Morgan fingerprint density at radius 1 is 1.10 bits per heavy atom. The monoisotopic (exact) mass is 319 g/mol. The van der Waals surface area contributed by atoms with Crippen molar-refractivity contribution in [1.82, 2.24) is 0 Å². The Morgan fingerprint density at radius 3 is 2.24 bits per heavy atom. The molecule has 2 aromatic heterocycles. The molecule has 3 rings (SSSR count). The first kappa shape index (κ1) is 15.7. The molecular weight excluding hydrogens is 307 g/mol. The van der Waals surface area contributed by atoms with E-state index >= 15 is 0 Å². The van der Waals surface area contributed by atoms with Gasteiger partial charge in [0.2, 0.25) is 0 Å². The third-order valence-electron chi connectivity index (χ3n) is 3.24. The fourth-order valence-electron chi connectivity index (χ4n) is 2.53. The Bertz CT molecular complexity index is 722. The largest absolute Gasteiger partial charge is 0.464 e. The summed E-state index contributed by atoms with van der Waals surface area (Å²) >= 11 is 0. The second-order valence-electron chi connectivity index (χ2n) is 4.86. The summed E-state index contributed by atoms with van der Waals surface area (Å²) in [6.45, 7) is 1.79. The predicted octanol–water partition coefficient (Wildman–Crippen LogP) is 4.51. The van der Waals surface area contributed by atoms with Crippen molar-refractivity contribution in [3.8, 4) is 0 Å². The van der Waals surface area contributed by atoms with E-state index in [-0.39, 0.29) is 35.0 Å². The second kappa shape index (κ2) is 5.27. The zero-order chi connectivity index (χ0) is 14.5. The molecule has 21 heavy (non-hydrogen) atoms. The van der Waals surface area contributed by atoms with Crippen molar-refractivity contribution < 1.29 is 22.0 Å². The van der Waals surface area contributed by atoms with Gasteiger partial charge in [0.25, 0.3) is 0 Å². The van der Waals surface area contributed by atoms with E-state index in [1.165, 1.54) is 24.7 Å². The van der Waals surface area contributed by atoms with E-state index in [1.54, 1.807) is 6.92 Å². The van der Waals surface area contributed by atoms with Crippen molar-refractivity contribution in [2.75, 3.05) is 0 Å². The average Bonchev–Trinajstić information content (AvgIpc) is 2.93. The second-order valence-corrected chi connectivity index (χ2v) is 4.86. The highest BCUT2D eigenvalue weighted by Gasteiger charge is 2.38. The lowest BCUT2D eigenvalue weighted by Crippen LogP contribution is -2.18. The van der Waals surface area contributed by atoms with Gasteiger partial charge < -0.3 is 14.6 Å². The molecule has 0 saturated heterocycles. The maximum absolute atomic E-state index is 13.3. The first-order valence-electron chi connectivity index (χ1n) is 6.11. The zero-order valence-electron chi connectivity index (χ0n) is 11.0. The summed E-state index contributed by atoms with van der Waals surface area (Å²) in [5, 5.41) is 0.410. The molecule has 0 amide bonds. The Kier molecular flexibility index (Phi) is 3.95. The Balaban J connectivity index is 0.00000161. The van der Waals surface area contributed by atoms with Crippen molar-refractivity contribution in [2.24, 2.45) is 5.73 Å². The Labute approximate surface area is 124 Å². The van der Waals surface area contributed by atoms with E-state index in [1.807, 2.05) is 0 Å². The first-order valence-corrected chi connectivity index (χ1v) is 6.11. The van der Waals surface area contributed by atoms with E-state index in [9.17, 15) is 13.2 Å². The lowest BCUT2D eigenvalue weighted by atomic mass is 9.97. The molecule has 3 aromatic rings. The molecule has 3 nitrogen and oxygen atoms in total. The normalized spacial score (nSPS) is 13.6. The number of fused-ring (bicyclic) bond motifs is 2. The van der Waals surface area contributed by atoms with Crippen molar-refractivity contribution >= 4 is 34.3 Å². The molecule has 1 atom stereocenters. The van der Waals surface area contributed by atoms with Gasteiger partial charge in [-0.1, -0.05) is 0 Å². The molecule has 0 saturated carbocycles. The fraction of sp³-hybridized carbons (Fsp3) is 0.286. The number of furan rings is 2. The van der Waals surface area contributed by atoms with Gasteiger partial charge in [-0.25, -0.2) is 0 Å². The van der Waals surface area contributed by atoms with E-state index in [0.717, 1.165) is 0 Å². The zero-order valence-corrected chi connectivity index (χ0v) is 11.8. The molecule has 2 heterocycles. The van der Waals surface area contributed by atoms with Crippen LogP contribution in [0.5, 0.6) is 0 Å². The summed E-state index contributed by atoms with van der Waals surface area (Å²) in [7, 11) is 0. The summed E-state index contributed by atoms with van der Waals surface area (Å²) in [6.07, 6.45) is -1.59. The lowest BCUT2D eigenvalue weighted by molar-refractivity contribution is -0.135. The summed E-state index contributed by atoms with van der Waals surface area (Å²) < 4.78 is 50.2. The van der Waals surface area contributed by atoms with Gasteiger partial charge >= 0.3 is 6.18 Å². The highest BCUT2D eigenvalue weighted by Crippen LogP contribution is 2.43. The van der Waals surface area contributed by atoms with Gasteiger partial charge in [0.1, 0.15) is 16.7 Å². The third-order valence-corrected chi connectivity index (χ3v) is 3.24. The molecule has 0 bridgehead atoms. The maximum Gasteiger partial charge on any atom is 0.420 e. The minimum Gasteiger partial charge on any atom is -0.464 e. The van der Waals surface area contributed by atoms with Crippen LogP contribution < -0.4 is 5.73 Å². The minimum absolute atomic E-state index is 0. The lowest BCUT2D eigenvalue weighted by Gasteiger charge is -2.13. The number of rotatable bonds is 2. The van der Waals surface area contributed by atoms with Crippen molar-refractivity contribution in [2.45, 2.75) is 25.6 Å². The standard InChI is InChI=1S/C14H12F3NO2.ClH/c1-7(18)6-10-8-2-4-20-13(8)11(14(15,16)17)9-3-5-19-12(9)10;/h2-5,7H,6,18H2,1H3;1H/t7-;/m1./s1. The molecule has 0 unspecified atom stereocenters. The number of alkyl halides is 3. The molecule has 0 radical (unpaired) electrons.